The Kier molecular flexibility index (Phi) is 4.20. The Morgan fingerprint density at radius 2 is 1.70 bits per heavy atom. The number of rotatable bonds is 3. The van der Waals surface area contributed by atoms with Gasteiger partial charge in [0.15, 0.2) is 0 Å². The van der Waals surface area contributed by atoms with Crippen LogP contribution in [0, 0.1) is 5.82 Å². The SMILES string of the molecule is O=C(Nc1ccc(F)cc1)Nc1nnc(-c2ccc(Cl)cc2)o1. The van der Waals surface area contributed by atoms with E-state index in [2.05, 4.69) is 20.8 Å². The number of urea groups is 1. The third-order valence-corrected chi connectivity index (χ3v) is 3.09. The predicted molar refractivity (Wildman–Crippen MR) is 83.8 cm³/mol. The zero-order chi connectivity index (χ0) is 16.2. The first-order chi connectivity index (χ1) is 11.1. The summed E-state index contributed by atoms with van der Waals surface area (Å²) in [5.74, 6) is -0.140. The second kappa shape index (κ2) is 6.45. The number of nitrogens with zero attached hydrogens (tertiary/aromatic N) is 2. The van der Waals surface area contributed by atoms with Gasteiger partial charge in [-0.3, -0.25) is 5.32 Å². The molecule has 1 heterocycles. The van der Waals surface area contributed by atoms with Crippen LogP contribution in [0.25, 0.3) is 11.5 Å². The normalized spacial score (nSPS) is 10.3. The lowest BCUT2D eigenvalue weighted by Crippen LogP contribution is -2.19. The number of hydrogen-bond donors (Lipinski definition) is 2. The summed E-state index contributed by atoms with van der Waals surface area (Å²) in [5.41, 5.74) is 1.11. The molecular formula is C15H10ClFN4O2. The minimum absolute atomic E-state index is 0.0606. The van der Waals surface area contributed by atoms with Crippen molar-refractivity contribution in [1.82, 2.24) is 10.2 Å². The maximum absolute atomic E-state index is 12.8. The molecule has 0 radical (unpaired) electrons. The molecule has 0 aliphatic heterocycles. The standard InChI is InChI=1S/C15H10ClFN4O2/c16-10-3-1-9(2-4-10)13-20-21-15(23-13)19-14(22)18-12-7-5-11(17)6-8-12/h1-8H,(H2,18,19,21,22). The van der Waals surface area contributed by atoms with Gasteiger partial charge in [0, 0.05) is 16.3 Å². The van der Waals surface area contributed by atoms with Crippen LogP contribution in [0.4, 0.5) is 20.9 Å². The highest BCUT2D eigenvalue weighted by atomic mass is 35.5. The molecule has 0 aliphatic rings. The molecule has 8 heteroatoms. The van der Waals surface area contributed by atoms with Gasteiger partial charge in [0.25, 0.3) is 0 Å². The van der Waals surface area contributed by atoms with Gasteiger partial charge >= 0.3 is 12.0 Å². The highest BCUT2D eigenvalue weighted by molar-refractivity contribution is 6.30. The molecule has 0 unspecified atom stereocenters. The van der Waals surface area contributed by atoms with Crippen molar-refractivity contribution in [1.29, 1.82) is 0 Å². The number of halogens is 2. The Morgan fingerprint density at radius 1 is 1.00 bits per heavy atom. The summed E-state index contributed by atoms with van der Waals surface area (Å²) < 4.78 is 18.1. The molecule has 116 valence electrons. The van der Waals surface area contributed by atoms with Crippen LogP contribution in [0.1, 0.15) is 0 Å². The molecule has 0 saturated heterocycles. The summed E-state index contributed by atoms with van der Waals surface area (Å²) in [6.45, 7) is 0. The minimum Gasteiger partial charge on any atom is -0.403 e. The van der Waals surface area contributed by atoms with E-state index in [1.807, 2.05) is 0 Å². The summed E-state index contributed by atoms with van der Waals surface area (Å²) in [7, 11) is 0. The molecule has 3 aromatic rings. The molecule has 0 spiro atoms. The second-order valence-electron chi connectivity index (χ2n) is 4.51. The second-order valence-corrected chi connectivity index (χ2v) is 4.94. The highest BCUT2D eigenvalue weighted by Crippen LogP contribution is 2.21. The van der Waals surface area contributed by atoms with E-state index >= 15 is 0 Å². The van der Waals surface area contributed by atoms with Gasteiger partial charge < -0.3 is 9.73 Å². The van der Waals surface area contributed by atoms with Gasteiger partial charge in [-0.25, -0.2) is 9.18 Å². The molecule has 2 aromatic carbocycles. The predicted octanol–water partition coefficient (Wildman–Crippen LogP) is 4.17. The lowest BCUT2D eigenvalue weighted by atomic mass is 10.2. The fourth-order valence-corrected chi connectivity index (χ4v) is 1.90. The molecule has 0 fully saturated rings. The first kappa shape index (κ1) is 15.0. The largest absolute Gasteiger partial charge is 0.403 e. The van der Waals surface area contributed by atoms with Crippen molar-refractivity contribution in [2.24, 2.45) is 0 Å². The van der Waals surface area contributed by atoms with E-state index < -0.39 is 6.03 Å². The number of carbonyl (C=O) groups is 1. The van der Waals surface area contributed by atoms with Crippen molar-refractivity contribution in [3.63, 3.8) is 0 Å². The van der Waals surface area contributed by atoms with Gasteiger partial charge in [0.1, 0.15) is 5.82 Å². The summed E-state index contributed by atoms with van der Waals surface area (Å²) in [6, 6.07) is 11.5. The van der Waals surface area contributed by atoms with Crippen LogP contribution in [0.15, 0.2) is 52.9 Å². The molecule has 0 saturated carbocycles. The lowest BCUT2D eigenvalue weighted by Gasteiger charge is -2.04. The molecule has 6 nitrogen and oxygen atoms in total. The zero-order valence-corrected chi connectivity index (χ0v) is 12.3. The van der Waals surface area contributed by atoms with Gasteiger partial charge in [-0.05, 0) is 48.5 Å². The van der Waals surface area contributed by atoms with Crippen molar-refractivity contribution in [3.05, 3.63) is 59.4 Å². The third kappa shape index (κ3) is 3.83. The van der Waals surface area contributed by atoms with E-state index in [4.69, 9.17) is 16.0 Å². The van der Waals surface area contributed by atoms with E-state index in [1.165, 1.54) is 24.3 Å². The first-order valence-electron chi connectivity index (χ1n) is 6.53. The van der Waals surface area contributed by atoms with Crippen LogP contribution >= 0.6 is 11.6 Å². The van der Waals surface area contributed by atoms with E-state index in [0.717, 1.165) is 0 Å². The molecular weight excluding hydrogens is 323 g/mol. The Morgan fingerprint density at radius 3 is 2.39 bits per heavy atom. The van der Waals surface area contributed by atoms with Crippen LogP contribution in [-0.4, -0.2) is 16.2 Å². The average Bonchev–Trinajstić information content (AvgIpc) is 2.98. The van der Waals surface area contributed by atoms with Crippen LogP contribution in [0.2, 0.25) is 5.02 Å². The van der Waals surface area contributed by atoms with Crippen LogP contribution < -0.4 is 10.6 Å². The molecule has 2 N–H and O–H groups in total. The van der Waals surface area contributed by atoms with E-state index in [-0.39, 0.29) is 17.7 Å². The Hall–Kier alpha value is -2.93. The zero-order valence-electron chi connectivity index (χ0n) is 11.6. The van der Waals surface area contributed by atoms with Crippen molar-refractivity contribution in [2.75, 3.05) is 10.6 Å². The molecule has 0 bridgehead atoms. The Labute approximate surface area is 135 Å². The van der Waals surface area contributed by atoms with Gasteiger partial charge in [0.2, 0.25) is 5.89 Å². The van der Waals surface area contributed by atoms with Crippen molar-refractivity contribution < 1.29 is 13.6 Å². The molecule has 0 aliphatic carbocycles. The molecule has 3 rings (SSSR count). The number of carbonyl (C=O) groups excluding carboxylic acids is 1. The fraction of sp³-hybridized carbons (Fsp3) is 0. The smallest absolute Gasteiger partial charge is 0.327 e. The topological polar surface area (TPSA) is 80.0 Å². The summed E-state index contributed by atoms with van der Waals surface area (Å²) in [5, 5.41) is 13.1. The Bertz CT molecular complexity index is 818. The first-order valence-corrected chi connectivity index (χ1v) is 6.91. The third-order valence-electron chi connectivity index (χ3n) is 2.84. The monoisotopic (exact) mass is 332 g/mol. The highest BCUT2D eigenvalue weighted by Gasteiger charge is 2.11. The number of amides is 2. The van der Waals surface area contributed by atoms with Crippen LogP contribution in [0.3, 0.4) is 0 Å². The summed E-state index contributed by atoms with van der Waals surface area (Å²) >= 11 is 5.80. The van der Waals surface area contributed by atoms with E-state index in [0.29, 0.717) is 16.3 Å². The van der Waals surface area contributed by atoms with E-state index in [1.54, 1.807) is 24.3 Å². The molecule has 2 amide bonds. The summed E-state index contributed by atoms with van der Waals surface area (Å²) in [4.78, 5) is 11.8. The van der Waals surface area contributed by atoms with Crippen LogP contribution in [-0.2, 0) is 0 Å². The molecule has 0 atom stereocenters. The summed E-state index contributed by atoms with van der Waals surface area (Å²) in [6.07, 6.45) is 0. The quantitative estimate of drug-likeness (QED) is 0.754. The number of nitrogens with one attached hydrogen (secondary N) is 2. The van der Waals surface area contributed by atoms with Gasteiger partial charge in [-0.1, -0.05) is 16.7 Å². The number of benzene rings is 2. The number of hydrogen-bond acceptors (Lipinski definition) is 4. The molecule has 1 aromatic heterocycles. The minimum atomic E-state index is -0.581. The average molecular weight is 333 g/mol. The van der Waals surface area contributed by atoms with Crippen molar-refractivity contribution in [3.8, 4) is 11.5 Å². The van der Waals surface area contributed by atoms with Gasteiger partial charge in [-0.15, -0.1) is 5.10 Å². The van der Waals surface area contributed by atoms with Gasteiger partial charge in [0.05, 0.1) is 0 Å². The maximum Gasteiger partial charge on any atom is 0.327 e. The van der Waals surface area contributed by atoms with E-state index in [9.17, 15) is 9.18 Å². The van der Waals surface area contributed by atoms with Crippen molar-refractivity contribution >= 4 is 29.3 Å². The fourth-order valence-electron chi connectivity index (χ4n) is 1.78. The Balaban J connectivity index is 1.65. The van der Waals surface area contributed by atoms with Crippen LogP contribution in [0.5, 0.6) is 0 Å². The van der Waals surface area contributed by atoms with Crippen molar-refractivity contribution in [2.45, 2.75) is 0 Å². The number of anilines is 2. The number of aromatic nitrogens is 2. The van der Waals surface area contributed by atoms with Gasteiger partial charge in [-0.2, -0.15) is 0 Å². The maximum atomic E-state index is 12.8. The molecule has 23 heavy (non-hydrogen) atoms. The lowest BCUT2D eigenvalue weighted by molar-refractivity contribution is 0.261.